The van der Waals surface area contributed by atoms with Crippen LogP contribution in [-0.2, 0) is 11.2 Å². The Balaban J connectivity index is 0.00000176. The van der Waals surface area contributed by atoms with Gasteiger partial charge in [0.05, 0.1) is 12.1 Å². The second-order valence-electron chi connectivity index (χ2n) is 5.43. The number of rotatable bonds is 3. The third kappa shape index (κ3) is 3.67. The predicted octanol–water partition coefficient (Wildman–Crippen LogP) is 1.66. The number of carbonyl (C=O) groups is 1. The first-order valence-electron chi connectivity index (χ1n) is 7.33. The molecule has 1 fully saturated rings. The molecule has 1 aromatic heterocycles. The monoisotopic (exact) mass is 320 g/mol. The average molecular weight is 321 g/mol. The van der Waals surface area contributed by atoms with Crippen LogP contribution in [0.3, 0.4) is 0 Å². The molecule has 22 heavy (non-hydrogen) atoms. The molecule has 1 atom stereocenters. The van der Waals surface area contributed by atoms with Crippen molar-refractivity contribution in [3.63, 3.8) is 0 Å². The molecular formula is C16H21ClN4O. The Morgan fingerprint density at radius 3 is 2.77 bits per heavy atom. The van der Waals surface area contributed by atoms with Crippen molar-refractivity contribution in [2.75, 3.05) is 19.6 Å². The molecule has 1 aliphatic heterocycles. The molecule has 1 N–H and O–H groups in total. The number of nitrogens with zero attached hydrogens (tertiary/aromatic N) is 3. The van der Waals surface area contributed by atoms with E-state index in [1.54, 1.807) is 6.20 Å². The third-order valence-electron chi connectivity index (χ3n) is 3.88. The van der Waals surface area contributed by atoms with Crippen LogP contribution in [0.25, 0.3) is 5.69 Å². The SMILES string of the molecule is C[C@H]1CNCCN1C(=O)Cc1ccc(-n2cccn2)cc1.Cl. The molecule has 2 heterocycles. The number of piperazine rings is 1. The van der Waals surface area contributed by atoms with E-state index in [0.717, 1.165) is 30.9 Å². The van der Waals surface area contributed by atoms with Crippen molar-refractivity contribution in [1.82, 2.24) is 20.0 Å². The van der Waals surface area contributed by atoms with Crippen LogP contribution in [0.2, 0.25) is 0 Å². The summed E-state index contributed by atoms with van der Waals surface area (Å²) in [6, 6.07) is 10.2. The summed E-state index contributed by atoms with van der Waals surface area (Å²) in [6.45, 7) is 4.65. The largest absolute Gasteiger partial charge is 0.337 e. The standard InChI is InChI=1S/C16H20N4O.ClH/c1-13-12-17-8-10-19(13)16(21)11-14-3-5-15(6-4-14)20-9-2-7-18-20;/h2-7,9,13,17H,8,10-12H2,1H3;1H/t13-;/m0./s1. The molecule has 1 amide bonds. The zero-order valence-corrected chi connectivity index (χ0v) is 13.4. The Morgan fingerprint density at radius 1 is 1.36 bits per heavy atom. The van der Waals surface area contributed by atoms with Gasteiger partial charge in [0.25, 0.3) is 0 Å². The van der Waals surface area contributed by atoms with E-state index in [0.29, 0.717) is 6.42 Å². The van der Waals surface area contributed by atoms with E-state index in [4.69, 9.17) is 0 Å². The molecule has 0 radical (unpaired) electrons. The Kier molecular flexibility index (Phi) is 5.57. The van der Waals surface area contributed by atoms with Gasteiger partial charge in [-0.2, -0.15) is 5.10 Å². The van der Waals surface area contributed by atoms with Crippen molar-refractivity contribution < 1.29 is 4.79 Å². The van der Waals surface area contributed by atoms with Crippen LogP contribution in [0.4, 0.5) is 0 Å². The zero-order chi connectivity index (χ0) is 14.7. The maximum absolute atomic E-state index is 12.4. The fourth-order valence-electron chi connectivity index (χ4n) is 2.68. The van der Waals surface area contributed by atoms with Crippen molar-refractivity contribution in [1.29, 1.82) is 0 Å². The van der Waals surface area contributed by atoms with Gasteiger partial charge in [0, 0.05) is 38.1 Å². The van der Waals surface area contributed by atoms with Crippen LogP contribution in [0, 0.1) is 0 Å². The van der Waals surface area contributed by atoms with Crippen LogP contribution in [-0.4, -0.2) is 46.3 Å². The number of aromatic nitrogens is 2. The summed E-state index contributed by atoms with van der Waals surface area (Å²) < 4.78 is 1.81. The van der Waals surface area contributed by atoms with Gasteiger partial charge in [-0.05, 0) is 30.7 Å². The van der Waals surface area contributed by atoms with Gasteiger partial charge >= 0.3 is 0 Å². The van der Waals surface area contributed by atoms with Gasteiger partial charge in [0.15, 0.2) is 0 Å². The van der Waals surface area contributed by atoms with Crippen LogP contribution in [0.5, 0.6) is 0 Å². The summed E-state index contributed by atoms with van der Waals surface area (Å²) in [7, 11) is 0. The molecule has 0 bridgehead atoms. The van der Waals surface area contributed by atoms with E-state index < -0.39 is 0 Å². The third-order valence-corrected chi connectivity index (χ3v) is 3.88. The lowest BCUT2D eigenvalue weighted by Gasteiger charge is -2.34. The molecule has 0 aliphatic carbocycles. The smallest absolute Gasteiger partial charge is 0.227 e. The molecule has 6 heteroatoms. The number of nitrogens with one attached hydrogen (secondary N) is 1. The minimum atomic E-state index is 0. The van der Waals surface area contributed by atoms with E-state index >= 15 is 0 Å². The second kappa shape index (κ2) is 7.42. The second-order valence-corrected chi connectivity index (χ2v) is 5.43. The lowest BCUT2D eigenvalue weighted by molar-refractivity contribution is -0.133. The Hall–Kier alpha value is -1.85. The fourth-order valence-corrected chi connectivity index (χ4v) is 2.68. The molecule has 0 unspecified atom stereocenters. The number of benzene rings is 1. The molecule has 2 aromatic rings. The van der Waals surface area contributed by atoms with E-state index in [1.165, 1.54) is 0 Å². The fraction of sp³-hybridized carbons (Fsp3) is 0.375. The van der Waals surface area contributed by atoms with Crippen LogP contribution >= 0.6 is 12.4 Å². The Bertz CT molecular complexity index is 597. The van der Waals surface area contributed by atoms with Crippen LogP contribution in [0.1, 0.15) is 12.5 Å². The van der Waals surface area contributed by atoms with Gasteiger partial charge < -0.3 is 10.2 Å². The highest BCUT2D eigenvalue weighted by Gasteiger charge is 2.22. The highest BCUT2D eigenvalue weighted by Crippen LogP contribution is 2.11. The van der Waals surface area contributed by atoms with E-state index in [2.05, 4.69) is 17.3 Å². The molecule has 5 nitrogen and oxygen atoms in total. The van der Waals surface area contributed by atoms with E-state index in [9.17, 15) is 4.79 Å². The maximum Gasteiger partial charge on any atom is 0.227 e. The maximum atomic E-state index is 12.4. The summed E-state index contributed by atoms with van der Waals surface area (Å²) in [5.41, 5.74) is 2.05. The minimum Gasteiger partial charge on any atom is -0.337 e. The number of amides is 1. The number of hydrogen-bond acceptors (Lipinski definition) is 3. The summed E-state index contributed by atoms with van der Waals surface area (Å²) in [6.07, 6.45) is 4.12. The molecule has 118 valence electrons. The van der Waals surface area contributed by atoms with Gasteiger partial charge in [0.1, 0.15) is 0 Å². The minimum absolute atomic E-state index is 0. The Morgan fingerprint density at radius 2 is 2.14 bits per heavy atom. The number of halogens is 1. The predicted molar refractivity (Wildman–Crippen MR) is 88.6 cm³/mol. The normalized spacial score (nSPS) is 17.9. The molecule has 1 aliphatic rings. The lowest BCUT2D eigenvalue weighted by atomic mass is 10.1. The molecule has 0 spiro atoms. The van der Waals surface area contributed by atoms with Crippen molar-refractivity contribution in [2.45, 2.75) is 19.4 Å². The number of hydrogen-bond donors (Lipinski definition) is 1. The molecule has 1 saturated heterocycles. The van der Waals surface area contributed by atoms with Gasteiger partial charge in [-0.25, -0.2) is 4.68 Å². The summed E-state index contributed by atoms with van der Waals surface area (Å²) >= 11 is 0. The molecule has 1 aromatic carbocycles. The first-order chi connectivity index (χ1) is 10.2. The van der Waals surface area contributed by atoms with Crippen molar-refractivity contribution in [3.8, 4) is 5.69 Å². The Labute approximate surface area is 136 Å². The van der Waals surface area contributed by atoms with Gasteiger partial charge in [0.2, 0.25) is 5.91 Å². The summed E-state index contributed by atoms with van der Waals surface area (Å²) in [4.78, 5) is 14.3. The summed E-state index contributed by atoms with van der Waals surface area (Å²) in [5, 5.41) is 7.50. The quantitative estimate of drug-likeness (QED) is 0.935. The zero-order valence-electron chi connectivity index (χ0n) is 12.6. The highest BCUT2D eigenvalue weighted by atomic mass is 35.5. The average Bonchev–Trinajstić information content (AvgIpc) is 3.02. The summed E-state index contributed by atoms with van der Waals surface area (Å²) in [5.74, 6) is 0.204. The van der Waals surface area contributed by atoms with Gasteiger partial charge in [-0.15, -0.1) is 12.4 Å². The van der Waals surface area contributed by atoms with E-state index in [-0.39, 0.29) is 24.4 Å². The van der Waals surface area contributed by atoms with E-state index in [1.807, 2.05) is 46.1 Å². The topological polar surface area (TPSA) is 50.2 Å². The molecule has 0 saturated carbocycles. The van der Waals surface area contributed by atoms with Gasteiger partial charge in [-0.3, -0.25) is 4.79 Å². The first kappa shape index (κ1) is 16.5. The highest BCUT2D eigenvalue weighted by molar-refractivity contribution is 5.85. The lowest BCUT2D eigenvalue weighted by Crippen LogP contribution is -2.52. The molecule has 3 rings (SSSR count). The van der Waals surface area contributed by atoms with Crippen molar-refractivity contribution >= 4 is 18.3 Å². The van der Waals surface area contributed by atoms with Crippen molar-refractivity contribution in [3.05, 3.63) is 48.3 Å². The van der Waals surface area contributed by atoms with Crippen LogP contribution in [0.15, 0.2) is 42.7 Å². The van der Waals surface area contributed by atoms with Gasteiger partial charge in [-0.1, -0.05) is 12.1 Å². The van der Waals surface area contributed by atoms with Crippen molar-refractivity contribution in [2.24, 2.45) is 0 Å². The first-order valence-corrected chi connectivity index (χ1v) is 7.33. The number of carbonyl (C=O) groups excluding carboxylic acids is 1. The van der Waals surface area contributed by atoms with Crippen LogP contribution < -0.4 is 5.32 Å². The molecular weight excluding hydrogens is 300 g/mol.